The number of nitrogens with zero attached hydrogens (tertiary/aromatic N) is 1. The molecule has 0 aliphatic carbocycles. The molecule has 192 valence electrons. The zero-order chi connectivity index (χ0) is 26.6. The molecule has 0 radical (unpaired) electrons. The maximum Gasteiger partial charge on any atom is 0.326 e. The quantitative estimate of drug-likeness (QED) is 0.276. The van der Waals surface area contributed by atoms with Crippen molar-refractivity contribution in [3.05, 3.63) is 125 Å². The standard InChI is InChI=1S/C31H25ClFNO4/c32-26-7-3-1-6-25(26)27-17-18-28(31(36)37)34(27)30(35)22-13-11-21(12-14-22)24-5-2-4-8-29(24)38-19-20-9-15-23(33)16-10-20/h1-16,27-28H,17-19H2,(H,36,37)/t27?,28-/m0/s1. The Hall–Kier alpha value is -4.16. The summed E-state index contributed by atoms with van der Waals surface area (Å²) in [6.07, 6.45) is 0.872. The highest BCUT2D eigenvalue weighted by atomic mass is 35.5. The molecule has 4 aromatic rings. The highest BCUT2D eigenvalue weighted by Gasteiger charge is 2.42. The van der Waals surface area contributed by atoms with Gasteiger partial charge in [0.25, 0.3) is 5.91 Å². The van der Waals surface area contributed by atoms with Crippen LogP contribution in [0.5, 0.6) is 5.75 Å². The summed E-state index contributed by atoms with van der Waals surface area (Å²) in [6, 6.07) is 26.6. The van der Waals surface area contributed by atoms with Crippen LogP contribution >= 0.6 is 11.6 Å². The molecule has 1 aliphatic heterocycles. The van der Waals surface area contributed by atoms with Crippen LogP contribution in [0, 0.1) is 5.82 Å². The Morgan fingerprint density at radius 2 is 1.58 bits per heavy atom. The fourth-order valence-electron chi connectivity index (χ4n) is 4.90. The minimum Gasteiger partial charge on any atom is -0.488 e. The lowest BCUT2D eigenvalue weighted by Gasteiger charge is -2.29. The van der Waals surface area contributed by atoms with Crippen molar-refractivity contribution in [3.8, 4) is 16.9 Å². The van der Waals surface area contributed by atoms with Gasteiger partial charge < -0.3 is 14.7 Å². The number of carbonyl (C=O) groups is 2. The van der Waals surface area contributed by atoms with Crippen LogP contribution in [0.2, 0.25) is 5.02 Å². The summed E-state index contributed by atoms with van der Waals surface area (Å²) >= 11 is 6.41. The van der Waals surface area contributed by atoms with E-state index in [0.29, 0.717) is 29.2 Å². The van der Waals surface area contributed by atoms with Crippen LogP contribution in [0.25, 0.3) is 11.1 Å². The van der Waals surface area contributed by atoms with E-state index in [9.17, 15) is 19.1 Å². The Labute approximate surface area is 225 Å². The van der Waals surface area contributed by atoms with Crippen LogP contribution in [0.4, 0.5) is 4.39 Å². The molecular formula is C31H25ClFNO4. The van der Waals surface area contributed by atoms with Gasteiger partial charge in [0.2, 0.25) is 0 Å². The van der Waals surface area contributed by atoms with Crippen molar-refractivity contribution >= 4 is 23.5 Å². The number of benzene rings is 4. The average molecular weight is 530 g/mol. The number of carboxylic acid groups (broad SMARTS) is 1. The van der Waals surface area contributed by atoms with Gasteiger partial charge in [0.15, 0.2) is 0 Å². The average Bonchev–Trinajstić information content (AvgIpc) is 3.38. The van der Waals surface area contributed by atoms with E-state index in [-0.39, 0.29) is 18.3 Å². The first kappa shape index (κ1) is 25.5. The molecule has 1 N–H and O–H groups in total. The Balaban J connectivity index is 1.39. The number of ether oxygens (including phenoxy) is 1. The number of carboxylic acids is 1. The van der Waals surface area contributed by atoms with E-state index in [0.717, 1.165) is 22.3 Å². The van der Waals surface area contributed by atoms with E-state index >= 15 is 0 Å². The highest BCUT2D eigenvalue weighted by molar-refractivity contribution is 6.31. The summed E-state index contributed by atoms with van der Waals surface area (Å²) in [5.41, 5.74) is 3.66. The number of aliphatic carboxylic acids is 1. The molecule has 4 aromatic carbocycles. The van der Waals surface area contributed by atoms with E-state index in [1.54, 1.807) is 30.3 Å². The topological polar surface area (TPSA) is 66.8 Å². The molecule has 1 fully saturated rings. The maximum absolute atomic E-state index is 13.6. The van der Waals surface area contributed by atoms with Gasteiger partial charge in [-0.3, -0.25) is 4.79 Å². The number of hydrogen-bond donors (Lipinski definition) is 1. The minimum atomic E-state index is -1.03. The van der Waals surface area contributed by atoms with E-state index < -0.39 is 18.1 Å². The van der Waals surface area contributed by atoms with Gasteiger partial charge in [-0.2, -0.15) is 0 Å². The number of carbonyl (C=O) groups excluding carboxylic acids is 1. The second kappa shape index (κ2) is 11.1. The fraction of sp³-hybridized carbons (Fsp3) is 0.161. The van der Waals surface area contributed by atoms with Gasteiger partial charge in [0.05, 0.1) is 6.04 Å². The molecule has 0 spiro atoms. The Bertz CT molecular complexity index is 1460. The smallest absolute Gasteiger partial charge is 0.326 e. The van der Waals surface area contributed by atoms with Gasteiger partial charge in [0.1, 0.15) is 24.2 Å². The van der Waals surface area contributed by atoms with Gasteiger partial charge in [0, 0.05) is 16.1 Å². The summed E-state index contributed by atoms with van der Waals surface area (Å²) in [4.78, 5) is 27.1. The normalized spacial score (nSPS) is 16.8. The zero-order valence-electron chi connectivity index (χ0n) is 20.4. The molecular weight excluding hydrogens is 505 g/mol. The number of likely N-dealkylation sites (tertiary alicyclic amines) is 1. The number of para-hydroxylation sites is 1. The van der Waals surface area contributed by atoms with Gasteiger partial charge in [-0.25, -0.2) is 9.18 Å². The first-order valence-corrected chi connectivity index (χ1v) is 12.7. The van der Waals surface area contributed by atoms with Crippen molar-refractivity contribution in [1.29, 1.82) is 0 Å². The van der Waals surface area contributed by atoms with Gasteiger partial charge in [-0.15, -0.1) is 0 Å². The third-order valence-corrected chi connectivity index (χ3v) is 7.15. The molecule has 7 heteroatoms. The molecule has 1 unspecified atom stereocenters. The van der Waals surface area contributed by atoms with Crippen LogP contribution in [0.3, 0.4) is 0 Å². The summed E-state index contributed by atoms with van der Waals surface area (Å²) in [7, 11) is 0. The molecule has 0 saturated carbocycles. The monoisotopic (exact) mass is 529 g/mol. The second-order valence-corrected chi connectivity index (χ2v) is 9.58. The van der Waals surface area contributed by atoms with E-state index in [4.69, 9.17) is 16.3 Å². The Morgan fingerprint density at radius 1 is 0.895 bits per heavy atom. The van der Waals surface area contributed by atoms with Gasteiger partial charge in [-0.1, -0.05) is 72.3 Å². The van der Waals surface area contributed by atoms with Crippen molar-refractivity contribution in [1.82, 2.24) is 4.90 Å². The predicted octanol–water partition coefficient (Wildman–Crippen LogP) is 7.16. The molecule has 0 aromatic heterocycles. The third kappa shape index (κ3) is 5.27. The predicted molar refractivity (Wildman–Crippen MR) is 144 cm³/mol. The third-order valence-electron chi connectivity index (χ3n) is 6.81. The lowest BCUT2D eigenvalue weighted by atomic mass is 10.0. The first-order chi connectivity index (χ1) is 18.4. The molecule has 1 saturated heterocycles. The van der Waals surface area contributed by atoms with Crippen LogP contribution in [-0.4, -0.2) is 27.9 Å². The molecule has 38 heavy (non-hydrogen) atoms. The van der Waals surface area contributed by atoms with Crippen LogP contribution in [-0.2, 0) is 11.4 Å². The molecule has 1 aliphatic rings. The van der Waals surface area contributed by atoms with Crippen LogP contribution < -0.4 is 4.74 Å². The SMILES string of the molecule is O=C(O)[C@@H]1CCC(c2ccccc2Cl)N1C(=O)c1ccc(-c2ccccc2OCc2ccc(F)cc2)cc1. The number of hydrogen-bond acceptors (Lipinski definition) is 3. The molecule has 5 rings (SSSR count). The molecule has 2 atom stereocenters. The van der Waals surface area contributed by atoms with Crippen molar-refractivity contribution in [2.75, 3.05) is 0 Å². The van der Waals surface area contributed by atoms with E-state index in [1.807, 2.05) is 54.6 Å². The number of amides is 1. The van der Waals surface area contributed by atoms with Gasteiger partial charge >= 0.3 is 5.97 Å². The van der Waals surface area contributed by atoms with Crippen molar-refractivity contribution in [2.24, 2.45) is 0 Å². The molecule has 0 bridgehead atoms. The Morgan fingerprint density at radius 3 is 2.29 bits per heavy atom. The number of rotatable bonds is 7. The van der Waals surface area contributed by atoms with E-state index in [2.05, 4.69) is 0 Å². The summed E-state index contributed by atoms with van der Waals surface area (Å²) < 4.78 is 19.2. The van der Waals surface area contributed by atoms with Crippen LogP contribution in [0.1, 0.15) is 40.4 Å². The number of halogens is 2. The van der Waals surface area contributed by atoms with Gasteiger partial charge in [-0.05, 0) is 65.9 Å². The molecule has 1 heterocycles. The summed E-state index contributed by atoms with van der Waals surface area (Å²) in [6.45, 7) is 0.281. The summed E-state index contributed by atoms with van der Waals surface area (Å²) in [5, 5.41) is 10.3. The highest BCUT2D eigenvalue weighted by Crippen LogP contribution is 2.40. The zero-order valence-corrected chi connectivity index (χ0v) is 21.1. The van der Waals surface area contributed by atoms with Crippen LogP contribution in [0.15, 0.2) is 97.1 Å². The maximum atomic E-state index is 13.6. The molecule has 1 amide bonds. The van der Waals surface area contributed by atoms with Crippen molar-refractivity contribution < 1.29 is 23.8 Å². The minimum absolute atomic E-state index is 0.281. The fourth-order valence-corrected chi connectivity index (χ4v) is 5.16. The lowest BCUT2D eigenvalue weighted by Crippen LogP contribution is -2.41. The largest absolute Gasteiger partial charge is 0.488 e. The first-order valence-electron chi connectivity index (χ1n) is 12.3. The summed E-state index contributed by atoms with van der Waals surface area (Å²) in [5.74, 6) is -1.03. The lowest BCUT2D eigenvalue weighted by molar-refractivity contribution is -0.141. The van der Waals surface area contributed by atoms with E-state index in [1.165, 1.54) is 17.0 Å². The van der Waals surface area contributed by atoms with Crippen molar-refractivity contribution in [3.63, 3.8) is 0 Å². The molecule has 5 nitrogen and oxygen atoms in total. The second-order valence-electron chi connectivity index (χ2n) is 9.17. The van der Waals surface area contributed by atoms with Crippen molar-refractivity contribution in [2.45, 2.75) is 31.5 Å². The Kier molecular flexibility index (Phi) is 7.43.